The average molecular weight is 381 g/mol. The van der Waals surface area contributed by atoms with Crippen molar-refractivity contribution in [3.05, 3.63) is 54.1 Å². The first-order chi connectivity index (χ1) is 13.5. The van der Waals surface area contributed by atoms with Crippen LogP contribution in [0.1, 0.15) is 32.3 Å². The Morgan fingerprint density at radius 1 is 0.964 bits per heavy atom. The highest BCUT2D eigenvalue weighted by atomic mass is 16.6. The van der Waals surface area contributed by atoms with Crippen LogP contribution in [-0.2, 0) is 4.79 Å². The molecule has 1 aromatic heterocycles. The predicted molar refractivity (Wildman–Crippen MR) is 106 cm³/mol. The quantitative estimate of drug-likeness (QED) is 0.657. The number of hydrogen-bond acceptors (Lipinski definition) is 6. The van der Waals surface area contributed by atoms with Crippen LogP contribution in [0.5, 0.6) is 11.5 Å². The Kier molecular flexibility index (Phi) is 5.93. The molecule has 0 unspecified atom stereocenters. The number of nitrogens with zero attached hydrogens (tertiary/aromatic N) is 2. The van der Waals surface area contributed by atoms with Crippen LogP contribution in [0.4, 0.5) is 5.82 Å². The molecule has 3 aromatic rings. The van der Waals surface area contributed by atoms with Gasteiger partial charge in [-0.1, -0.05) is 26.0 Å². The van der Waals surface area contributed by atoms with Gasteiger partial charge in [0.25, 0.3) is 5.91 Å². The van der Waals surface area contributed by atoms with Gasteiger partial charge in [-0.25, -0.2) is 4.63 Å². The smallest absolute Gasteiger partial charge is 0.266 e. The van der Waals surface area contributed by atoms with Crippen molar-refractivity contribution in [1.29, 1.82) is 0 Å². The molecule has 1 amide bonds. The fraction of sp³-hybridized carbons (Fsp3) is 0.286. The molecule has 28 heavy (non-hydrogen) atoms. The van der Waals surface area contributed by atoms with E-state index in [0.717, 1.165) is 11.3 Å². The topological polar surface area (TPSA) is 86.5 Å². The molecule has 0 saturated carbocycles. The average Bonchev–Trinajstić information content (AvgIpc) is 3.16. The number of amides is 1. The molecular weight excluding hydrogens is 358 g/mol. The van der Waals surface area contributed by atoms with Crippen LogP contribution in [0.2, 0.25) is 0 Å². The van der Waals surface area contributed by atoms with E-state index in [-0.39, 0.29) is 11.7 Å². The third-order valence-corrected chi connectivity index (χ3v) is 4.32. The predicted octanol–water partition coefficient (Wildman–Crippen LogP) is 4.27. The maximum atomic E-state index is 12.5. The molecular formula is C21H23N3O4. The lowest BCUT2D eigenvalue weighted by Crippen LogP contribution is -2.30. The van der Waals surface area contributed by atoms with E-state index in [0.29, 0.717) is 17.4 Å². The third kappa shape index (κ3) is 4.49. The molecule has 0 aliphatic heterocycles. The summed E-state index contributed by atoms with van der Waals surface area (Å²) in [4.78, 5) is 12.5. The Hall–Kier alpha value is -3.35. The van der Waals surface area contributed by atoms with Gasteiger partial charge >= 0.3 is 0 Å². The SMILES string of the molecule is COc1ccc(-c2nonc2NC(=O)[C@H](C)Oc2ccc(C(C)C)cc2)cc1. The third-order valence-electron chi connectivity index (χ3n) is 4.32. The zero-order valence-electron chi connectivity index (χ0n) is 16.3. The van der Waals surface area contributed by atoms with Crippen molar-refractivity contribution >= 4 is 11.7 Å². The molecule has 0 fully saturated rings. The largest absolute Gasteiger partial charge is 0.497 e. The number of nitrogens with one attached hydrogen (secondary N) is 1. The fourth-order valence-corrected chi connectivity index (χ4v) is 2.62. The highest BCUT2D eigenvalue weighted by molar-refractivity contribution is 5.95. The molecule has 0 saturated heterocycles. The fourth-order valence-electron chi connectivity index (χ4n) is 2.62. The molecule has 3 rings (SSSR count). The lowest BCUT2D eigenvalue weighted by molar-refractivity contribution is -0.122. The number of carbonyl (C=O) groups excluding carboxylic acids is 1. The van der Waals surface area contributed by atoms with Crippen LogP contribution in [0.15, 0.2) is 53.2 Å². The van der Waals surface area contributed by atoms with Crippen LogP contribution in [0.3, 0.4) is 0 Å². The number of aromatic nitrogens is 2. The number of ether oxygens (including phenoxy) is 2. The normalized spacial score (nSPS) is 11.9. The molecule has 1 atom stereocenters. The van der Waals surface area contributed by atoms with Gasteiger partial charge in [-0.3, -0.25) is 4.79 Å². The van der Waals surface area contributed by atoms with Crippen molar-refractivity contribution in [3.63, 3.8) is 0 Å². The van der Waals surface area contributed by atoms with E-state index < -0.39 is 6.10 Å². The molecule has 0 radical (unpaired) electrons. The van der Waals surface area contributed by atoms with Crippen LogP contribution >= 0.6 is 0 Å². The second-order valence-electron chi connectivity index (χ2n) is 6.66. The van der Waals surface area contributed by atoms with E-state index in [1.807, 2.05) is 36.4 Å². The summed E-state index contributed by atoms with van der Waals surface area (Å²) >= 11 is 0. The number of benzene rings is 2. The van der Waals surface area contributed by atoms with E-state index in [1.165, 1.54) is 5.56 Å². The summed E-state index contributed by atoms with van der Waals surface area (Å²) in [5.41, 5.74) is 2.39. The van der Waals surface area contributed by atoms with Gasteiger partial charge in [0.05, 0.1) is 7.11 Å². The van der Waals surface area contributed by atoms with Crippen LogP contribution < -0.4 is 14.8 Å². The summed E-state index contributed by atoms with van der Waals surface area (Å²) in [6, 6.07) is 14.9. The summed E-state index contributed by atoms with van der Waals surface area (Å²) in [7, 11) is 1.59. The Balaban J connectivity index is 1.66. The Bertz CT molecular complexity index is 918. The highest BCUT2D eigenvalue weighted by Gasteiger charge is 2.20. The number of methoxy groups -OCH3 is 1. The Labute approximate surface area is 163 Å². The zero-order chi connectivity index (χ0) is 20.1. The van der Waals surface area contributed by atoms with Gasteiger partial charge in [0.15, 0.2) is 11.8 Å². The minimum atomic E-state index is -0.717. The zero-order valence-corrected chi connectivity index (χ0v) is 16.3. The van der Waals surface area contributed by atoms with E-state index >= 15 is 0 Å². The minimum absolute atomic E-state index is 0.237. The molecule has 1 heterocycles. The second-order valence-corrected chi connectivity index (χ2v) is 6.66. The van der Waals surface area contributed by atoms with E-state index in [1.54, 1.807) is 26.2 Å². The summed E-state index contributed by atoms with van der Waals surface area (Å²) in [6.45, 7) is 5.92. The number of carbonyl (C=O) groups is 1. The standard InChI is InChI=1S/C21H23N3O4/c1-13(2)15-5-11-18(12-6-15)27-14(3)21(25)22-20-19(23-28-24-20)16-7-9-17(26-4)10-8-16/h5-14H,1-4H3,(H,22,24,25)/t14-/m0/s1. The highest BCUT2D eigenvalue weighted by Crippen LogP contribution is 2.26. The van der Waals surface area contributed by atoms with Gasteiger partial charge in [0.1, 0.15) is 11.5 Å². The maximum Gasteiger partial charge on any atom is 0.266 e. The number of anilines is 1. The molecule has 0 aliphatic carbocycles. The van der Waals surface area contributed by atoms with Gasteiger partial charge in [0.2, 0.25) is 5.82 Å². The summed E-state index contributed by atoms with van der Waals surface area (Å²) in [5, 5.41) is 10.4. The van der Waals surface area contributed by atoms with Gasteiger partial charge in [-0.05, 0) is 65.1 Å². The van der Waals surface area contributed by atoms with Crippen molar-refractivity contribution in [2.75, 3.05) is 12.4 Å². The van der Waals surface area contributed by atoms with Gasteiger partial charge < -0.3 is 14.8 Å². The first-order valence-corrected chi connectivity index (χ1v) is 9.02. The van der Waals surface area contributed by atoms with Crippen molar-refractivity contribution < 1.29 is 18.9 Å². The van der Waals surface area contributed by atoms with Gasteiger partial charge in [-0.2, -0.15) is 0 Å². The first kappa shape index (κ1) is 19.4. The van der Waals surface area contributed by atoms with Crippen LogP contribution in [0, 0.1) is 0 Å². The first-order valence-electron chi connectivity index (χ1n) is 9.02. The molecule has 2 aromatic carbocycles. The van der Waals surface area contributed by atoms with Gasteiger partial charge in [-0.15, -0.1) is 0 Å². The molecule has 146 valence electrons. The molecule has 7 nitrogen and oxygen atoms in total. The van der Waals surface area contributed by atoms with Crippen LogP contribution in [0.25, 0.3) is 11.3 Å². The van der Waals surface area contributed by atoms with E-state index in [9.17, 15) is 4.79 Å². The van der Waals surface area contributed by atoms with Crippen LogP contribution in [-0.4, -0.2) is 29.4 Å². The van der Waals surface area contributed by atoms with Crippen molar-refractivity contribution in [2.45, 2.75) is 32.8 Å². The Morgan fingerprint density at radius 3 is 2.21 bits per heavy atom. The molecule has 0 spiro atoms. The molecule has 1 N–H and O–H groups in total. The van der Waals surface area contributed by atoms with Gasteiger partial charge in [0, 0.05) is 5.56 Å². The molecule has 0 bridgehead atoms. The van der Waals surface area contributed by atoms with E-state index in [2.05, 4.69) is 29.5 Å². The lowest BCUT2D eigenvalue weighted by Gasteiger charge is -2.15. The number of rotatable bonds is 7. The lowest BCUT2D eigenvalue weighted by atomic mass is 10.0. The maximum absolute atomic E-state index is 12.5. The minimum Gasteiger partial charge on any atom is -0.497 e. The number of hydrogen-bond donors (Lipinski definition) is 1. The van der Waals surface area contributed by atoms with E-state index in [4.69, 9.17) is 14.1 Å². The summed E-state index contributed by atoms with van der Waals surface area (Å²) < 4.78 is 15.7. The van der Waals surface area contributed by atoms with Crippen molar-refractivity contribution in [3.8, 4) is 22.8 Å². The van der Waals surface area contributed by atoms with Crippen molar-refractivity contribution in [2.24, 2.45) is 0 Å². The second kappa shape index (κ2) is 8.56. The Morgan fingerprint density at radius 2 is 1.61 bits per heavy atom. The summed E-state index contributed by atoms with van der Waals surface area (Å²) in [5.74, 6) is 1.67. The van der Waals surface area contributed by atoms with Crippen molar-refractivity contribution in [1.82, 2.24) is 10.3 Å². The molecule has 0 aliphatic rings. The summed E-state index contributed by atoms with van der Waals surface area (Å²) in [6.07, 6.45) is -0.717. The monoisotopic (exact) mass is 381 g/mol. The molecule has 7 heteroatoms.